The summed E-state index contributed by atoms with van der Waals surface area (Å²) in [5, 5.41) is 2.83. The molecule has 0 spiro atoms. The highest BCUT2D eigenvalue weighted by Gasteiger charge is 2.08. The maximum absolute atomic E-state index is 12.2. The zero-order valence-electron chi connectivity index (χ0n) is 16.5. The van der Waals surface area contributed by atoms with Gasteiger partial charge in [-0.05, 0) is 66.9 Å². The topological polar surface area (TPSA) is 64.6 Å². The summed E-state index contributed by atoms with van der Waals surface area (Å²) in [6, 6.07) is 22.0. The van der Waals surface area contributed by atoms with Crippen LogP contribution in [0.15, 0.2) is 72.8 Å². The number of carbonyl (C=O) groups excluding carboxylic acids is 2. The molecule has 0 aliphatic rings. The molecule has 0 bridgehead atoms. The molecule has 5 nitrogen and oxygen atoms in total. The molecule has 148 valence electrons. The summed E-state index contributed by atoms with van der Waals surface area (Å²) < 4.78 is 10.7. The molecule has 3 aromatic carbocycles. The van der Waals surface area contributed by atoms with Crippen molar-refractivity contribution >= 4 is 17.6 Å². The number of para-hydroxylation sites is 1. The molecule has 3 aromatic rings. The summed E-state index contributed by atoms with van der Waals surface area (Å²) in [6.45, 7) is 3.92. The quantitative estimate of drug-likeness (QED) is 0.596. The van der Waals surface area contributed by atoms with Crippen LogP contribution >= 0.6 is 0 Å². The second-order valence-corrected chi connectivity index (χ2v) is 6.79. The molecule has 0 aliphatic heterocycles. The lowest BCUT2D eigenvalue weighted by molar-refractivity contribution is -0.147. The first-order chi connectivity index (χ1) is 14.0. The number of ether oxygens (including phenoxy) is 2. The Morgan fingerprint density at radius 3 is 2.17 bits per heavy atom. The van der Waals surface area contributed by atoms with Crippen molar-refractivity contribution in [2.24, 2.45) is 0 Å². The molecule has 1 amide bonds. The Hall–Kier alpha value is -3.60. The zero-order chi connectivity index (χ0) is 20.6. The second-order valence-electron chi connectivity index (χ2n) is 6.79. The fourth-order valence-electron chi connectivity index (χ4n) is 2.84. The Morgan fingerprint density at radius 1 is 0.862 bits per heavy atom. The number of nitrogens with one attached hydrogen (secondary N) is 1. The molecular weight excluding hydrogens is 366 g/mol. The first-order valence-corrected chi connectivity index (χ1v) is 9.32. The Labute approximate surface area is 170 Å². The fraction of sp³-hybridized carbons (Fsp3) is 0.167. The van der Waals surface area contributed by atoms with Gasteiger partial charge in [-0.3, -0.25) is 4.79 Å². The van der Waals surface area contributed by atoms with Gasteiger partial charge in [-0.25, -0.2) is 4.79 Å². The SMILES string of the molecule is Cc1cc(C)cc(OCC(=O)OCc2ccc(C(=O)Nc3ccccc3)cc2)c1. The van der Waals surface area contributed by atoms with Gasteiger partial charge in [-0.1, -0.05) is 36.4 Å². The van der Waals surface area contributed by atoms with Gasteiger partial charge in [0.05, 0.1) is 0 Å². The van der Waals surface area contributed by atoms with Crippen molar-refractivity contribution in [3.63, 3.8) is 0 Å². The van der Waals surface area contributed by atoms with Gasteiger partial charge in [0.25, 0.3) is 5.91 Å². The minimum Gasteiger partial charge on any atom is -0.482 e. The first-order valence-electron chi connectivity index (χ1n) is 9.32. The van der Waals surface area contributed by atoms with Crippen LogP contribution in [0.4, 0.5) is 5.69 Å². The molecule has 0 aromatic heterocycles. The van der Waals surface area contributed by atoms with Gasteiger partial charge in [0, 0.05) is 11.3 Å². The van der Waals surface area contributed by atoms with Crippen LogP contribution in [0.3, 0.4) is 0 Å². The van der Waals surface area contributed by atoms with Gasteiger partial charge in [0.15, 0.2) is 6.61 Å². The molecule has 29 heavy (non-hydrogen) atoms. The van der Waals surface area contributed by atoms with Crippen LogP contribution in [0.2, 0.25) is 0 Å². The molecule has 0 fully saturated rings. The second kappa shape index (κ2) is 9.55. The highest BCUT2D eigenvalue weighted by Crippen LogP contribution is 2.16. The Morgan fingerprint density at radius 2 is 1.52 bits per heavy atom. The van der Waals surface area contributed by atoms with Crippen LogP contribution in [0.25, 0.3) is 0 Å². The summed E-state index contributed by atoms with van der Waals surface area (Å²) >= 11 is 0. The number of rotatable bonds is 7. The van der Waals surface area contributed by atoms with Crippen LogP contribution in [-0.2, 0) is 16.1 Å². The summed E-state index contributed by atoms with van der Waals surface area (Å²) in [5.74, 6) is 0.00452. The molecule has 0 saturated heterocycles. The van der Waals surface area contributed by atoms with Crippen molar-refractivity contribution < 1.29 is 19.1 Å². The van der Waals surface area contributed by atoms with Crippen LogP contribution in [0.5, 0.6) is 5.75 Å². The number of carbonyl (C=O) groups is 2. The van der Waals surface area contributed by atoms with Crippen molar-refractivity contribution in [3.05, 3.63) is 95.1 Å². The fourth-order valence-corrected chi connectivity index (χ4v) is 2.84. The van der Waals surface area contributed by atoms with E-state index in [4.69, 9.17) is 9.47 Å². The summed E-state index contributed by atoms with van der Waals surface area (Å²) in [4.78, 5) is 24.2. The number of anilines is 1. The molecule has 0 radical (unpaired) electrons. The molecule has 0 aliphatic carbocycles. The molecule has 0 heterocycles. The molecule has 0 saturated carbocycles. The average molecular weight is 389 g/mol. The van der Waals surface area contributed by atoms with Gasteiger partial charge >= 0.3 is 5.97 Å². The van der Waals surface area contributed by atoms with E-state index >= 15 is 0 Å². The number of hydrogen-bond acceptors (Lipinski definition) is 4. The monoisotopic (exact) mass is 389 g/mol. The lowest BCUT2D eigenvalue weighted by Crippen LogP contribution is -2.15. The molecule has 5 heteroatoms. The average Bonchev–Trinajstić information content (AvgIpc) is 2.71. The van der Waals surface area contributed by atoms with Crippen molar-refractivity contribution in [3.8, 4) is 5.75 Å². The lowest BCUT2D eigenvalue weighted by atomic mass is 10.1. The van der Waals surface area contributed by atoms with Crippen LogP contribution < -0.4 is 10.1 Å². The van der Waals surface area contributed by atoms with Gasteiger partial charge in [0.1, 0.15) is 12.4 Å². The molecule has 3 rings (SSSR count). The summed E-state index contributed by atoms with van der Waals surface area (Å²) in [5.41, 5.74) is 4.21. The smallest absolute Gasteiger partial charge is 0.344 e. The standard InChI is InChI=1S/C24H23NO4/c1-17-12-18(2)14-22(13-17)28-16-23(26)29-15-19-8-10-20(11-9-19)24(27)25-21-6-4-3-5-7-21/h3-14H,15-16H2,1-2H3,(H,25,27). The Kier molecular flexibility index (Phi) is 6.63. The van der Waals surface area contributed by atoms with E-state index in [9.17, 15) is 9.59 Å². The minimum absolute atomic E-state index is 0.121. The summed E-state index contributed by atoms with van der Waals surface area (Å²) in [7, 11) is 0. The maximum Gasteiger partial charge on any atom is 0.344 e. The highest BCUT2D eigenvalue weighted by atomic mass is 16.6. The third kappa shape index (κ3) is 6.21. The number of benzene rings is 3. The number of esters is 1. The largest absolute Gasteiger partial charge is 0.482 e. The van der Waals surface area contributed by atoms with E-state index in [-0.39, 0.29) is 19.1 Å². The number of amides is 1. The van der Waals surface area contributed by atoms with Crippen LogP contribution in [0.1, 0.15) is 27.0 Å². The normalized spacial score (nSPS) is 10.3. The maximum atomic E-state index is 12.2. The molecule has 0 atom stereocenters. The highest BCUT2D eigenvalue weighted by molar-refractivity contribution is 6.04. The van der Waals surface area contributed by atoms with Gasteiger partial charge in [-0.15, -0.1) is 0 Å². The van der Waals surface area contributed by atoms with Crippen LogP contribution in [0, 0.1) is 13.8 Å². The lowest BCUT2D eigenvalue weighted by Gasteiger charge is -2.09. The van der Waals surface area contributed by atoms with Crippen molar-refractivity contribution in [2.45, 2.75) is 20.5 Å². The predicted octanol–water partition coefficient (Wildman–Crippen LogP) is 4.68. The van der Waals surface area contributed by atoms with Crippen molar-refractivity contribution in [1.29, 1.82) is 0 Å². The number of hydrogen-bond donors (Lipinski definition) is 1. The van der Waals surface area contributed by atoms with E-state index in [0.717, 1.165) is 22.4 Å². The van der Waals surface area contributed by atoms with E-state index < -0.39 is 5.97 Å². The van der Waals surface area contributed by atoms with Crippen LogP contribution in [-0.4, -0.2) is 18.5 Å². The van der Waals surface area contributed by atoms with E-state index in [0.29, 0.717) is 11.3 Å². The zero-order valence-corrected chi connectivity index (χ0v) is 16.5. The molecule has 1 N–H and O–H groups in total. The number of aryl methyl sites for hydroxylation is 2. The Balaban J connectivity index is 1.47. The predicted molar refractivity (Wildman–Crippen MR) is 112 cm³/mol. The third-order valence-electron chi connectivity index (χ3n) is 4.20. The summed E-state index contributed by atoms with van der Waals surface area (Å²) in [6.07, 6.45) is 0. The first kappa shape index (κ1) is 20.1. The third-order valence-corrected chi connectivity index (χ3v) is 4.20. The van der Waals surface area contributed by atoms with Gasteiger partial charge < -0.3 is 14.8 Å². The van der Waals surface area contributed by atoms with E-state index in [2.05, 4.69) is 5.32 Å². The van der Waals surface area contributed by atoms with Gasteiger partial charge in [0.2, 0.25) is 0 Å². The van der Waals surface area contributed by atoms with E-state index in [1.807, 2.05) is 62.4 Å². The van der Waals surface area contributed by atoms with E-state index in [1.165, 1.54) is 0 Å². The Bertz CT molecular complexity index is 961. The van der Waals surface area contributed by atoms with Crippen molar-refractivity contribution in [1.82, 2.24) is 0 Å². The molecule has 0 unspecified atom stereocenters. The molecular formula is C24H23NO4. The van der Waals surface area contributed by atoms with Gasteiger partial charge in [-0.2, -0.15) is 0 Å². The van der Waals surface area contributed by atoms with E-state index in [1.54, 1.807) is 24.3 Å². The minimum atomic E-state index is -0.449. The van der Waals surface area contributed by atoms with Crippen molar-refractivity contribution in [2.75, 3.05) is 11.9 Å².